The lowest BCUT2D eigenvalue weighted by atomic mass is 10.1. The zero-order chi connectivity index (χ0) is 23.4. The Bertz CT molecular complexity index is 1670. The van der Waals surface area contributed by atoms with Gasteiger partial charge in [-0.1, -0.05) is 24.6 Å². The molecule has 1 amide bonds. The summed E-state index contributed by atoms with van der Waals surface area (Å²) < 4.78 is 36.0. The Kier molecular flexibility index (Phi) is 4.90. The number of rotatable bonds is 4. The molecule has 0 saturated heterocycles. The Morgan fingerprint density at radius 1 is 1.21 bits per heavy atom. The van der Waals surface area contributed by atoms with Crippen molar-refractivity contribution in [2.24, 2.45) is 5.73 Å². The molecule has 9 heteroatoms. The lowest BCUT2D eigenvalue weighted by Crippen LogP contribution is -2.19. The van der Waals surface area contributed by atoms with Gasteiger partial charge in [0.2, 0.25) is 5.71 Å². The number of halogens is 3. The van der Waals surface area contributed by atoms with Crippen LogP contribution in [0.3, 0.4) is 0 Å². The third kappa shape index (κ3) is 3.17. The van der Waals surface area contributed by atoms with Crippen molar-refractivity contribution in [1.29, 1.82) is 0 Å². The first-order valence-corrected chi connectivity index (χ1v) is 10.5. The van der Waals surface area contributed by atoms with E-state index in [1.165, 1.54) is 10.8 Å². The van der Waals surface area contributed by atoms with Gasteiger partial charge in [-0.2, -0.15) is 0 Å². The van der Waals surface area contributed by atoms with Crippen LogP contribution >= 0.6 is 11.6 Å². The topological polar surface area (TPSA) is 91.1 Å². The largest absolute Gasteiger partial charge is 0.402 e. The van der Waals surface area contributed by atoms with E-state index in [1.54, 1.807) is 18.2 Å². The van der Waals surface area contributed by atoms with Crippen molar-refractivity contribution in [3.63, 3.8) is 0 Å². The summed E-state index contributed by atoms with van der Waals surface area (Å²) in [5.41, 5.74) is 5.91. The quantitative estimate of drug-likeness (QED) is 0.379. The monoisotopic (exact) mass is 467 g/mol. The standard InChI is InChI=1S/C24H16ClF2N3O3/c1-2-11-5-6-17-13(8-11)18-12-4-3-7-29-23(12)33-24(32)21(18)30(17)10-14-19(22(28)31)15(25)9-16(26)20(14)27/h3-9H,2,10H2,1H3,(H2,28,31). The van der Waals surface area contributed by atoms with E-state index in [4.69, 9.17) is 21.8 Å². The fourth-order valence-electron chi connectivity index (χ4n) is 4.29. The van der Waals surface area contributed by atoms with E-state index in [0.29, 0.717) is 22.4 Å². The van der Waals surface area contributed by atoms with Gasteiger partial charge in [0.15, 0.2) is 11.6 Å². The molecule has 166 valence electrons. The third-order valence-electron chi connectivity index (χ3n) is 5.79. The van der Waals surface area contributed by atoms with Crippen LogP contribution < -0.4 is 11.4 Å². The van der Waals surface area contributed by atoms with E-state index >= 15 is 0 Å². The Hall–Kier alpha value is -3.78. The lowest BCUT2D eigenvalue weighted by Gasteiger charge is -2.13. The van der Waals surface area contributed by atoms with Crippen LogP contribution in [0.25, 0.3) is 32.9 Å². The number of pyridine rings is 1. The van der Waals surface area contributed by atoms with E-state index < -0.39 is 23.2 Å². The number of nitrogens with zero attached hydrogens (tertiary/aromatic N) is 2. The van der Waals surface area contributed by atoms with E-state index in [2.05, 4.69) is 4.98 Å². The maximum Gasteiger partial charge on any atom is 0.362 e. The Morgan fingerprint density at radius 3 is 2.73 bits per heavy atom. The molecule has 0 spiro atoms. The normalized spacial score (nSPS) is 11.6. The fourth-order valence-corrected chi connectivity index (χ4v) is 4.59. The highest BCUT2D eigenvalue weighted by molar-refractivity contribution is 6.34. The molecule has 2 N–H and O–H groups in total. The molecule has 6 nitrogen and oxygen atoms in total. The van der Waals surface area contributed by atoms with Crippen LogP contribution in [-0.2, 0) is 13.0 Å². The zero-order valence-electron chi connectivity index (χ0n) is 17.3. The number of hydrogen-bond donors (Lipinski definition) is 1. The average Bonchev–Trinajstić information content (AvgIpc) is 3.11. The van der Waals surface area contributed by atoms with Gasteiger partial charge >= 0.3 is 5.63 Å². The molecule has 0 unspecified atom stereocenters. The second-order valence-corrected chi connectivity index (χ2v) is 8.04. The van der Waals surface area contributed by atoms with Crippen LogP contribution in [0.15, 0.2) is 51.8 Å². The molecule has 0 atom stereocenters. The first-order chi connectivity index (χ1) is 15.8. The van der Waals surface area contributed by atoms with Crippen LogP contribution in [0.5, 0.6) is 0 Å². The number of benzene rings is 2. The Labute approximate surface area is 190 Å². The van der Waals surface area contributed by atoms with Crippen molar-refractivity contribution >= 4 is 50.4 Å². The summed E-state index contributed by atoms with van der Waals surface area (Å²) in [7, 11) is 0. The minimum atomic E-state index is -1.26. The zero-order valence-corrected chi connectivity index (χ0v) is 18.0. The predicted molar refractivity (Wildman–Crippen MR) is 122 cm³/mol. The molecular formula is C24H16ClF2N3O3. The predicted octanol–water partition coefficient (Wildman–Crippen LogP) is 4.94. The van der Waals surface area contributed by atoms with Gasteiger partial charge in [0.25, 0.3) is 5.91 Å². The Morgan fingerprint density at radius 2 is 2.00 bits per heavy atom. The van der Waals surface area contributed by atoms with Gasteiger partial charge in [-0.25, -0.2) is 18.6 Å². The molecule has 0 bridgehead atoms. The lowest BCUT2D eigenvalue weighted by molar-refractivity contribution is 0.0998. The highest BCUT2D eigenvalue weighted by atomic mass is 35.5. The van der Waals surface area contributed by atoms with Crippen LogP contribution in [0.2, 0.25) is 5.02 Å². The molecule has 0 aliphatic rings. The second kappa shape index (κ2) is 7.67. The van der Waals surface area contributed by atoms with E-state index in [9.17, 15) is 18.4 Å². The number of hydrogen-bond acceptors (Lipinski definition) is 4. The molecule has 0 fully saturated rings. The molecule has 0 radical (unpaired) electrons. The molecule has 3 heterocycles. The number of aromatic nitrogens is 2. The van der Waals surface area contributed by atoms with Gasteiger partial charge < -0.3 is 14.7 Å². The molecule has 0 aliphatic heterocycles. The maximum absolute atomic E-state index is 14.9. The number of fused-ring (bicyclic) bond motifs is 5. The van der Waals surface area contributed by atoms with Gasteiger partial charge in [-0.3, -0.25) is 4.79 Å². The fraction of sp³-hybridized carbons (Fsp3) is 0.125. The summed E-state index contributed by atoms with van der Waals surface area (Å²) in [4.78, 5) is 29.2. The van der Waals surface area contributed by atoms with Crippen molar-refractivity contribution in [1.82, 2.24) is 9.55 Å². The van der Waals surface area contributed by atoms with Crippen molar-refractivity contribution in [3.05, 3.63) is 86.4 Å². The number of aryl methyl sites for hydroxylation is 1. The van der Waals surface area contributed by atoms with Crippen molar-refractivity contribution in [2.45, 2.75) is 19.9 Å². The number of amides is 1. The summed E-state index contributed by atoms with van der Waals surface area (Å²) in [6.07, 6.45) is 2.26. The molecule has 33 heavy (non-hydrogen) atoms. The first kappa shape index (κ1) is 21.1. The summed E-state index contributed by atoms with van der Waals surface area (Å²) in [6.45, 7) is 1.63. The minimum Gasteiger partial charge on any atom is -0.402 e. The van der Waals surface area contributed by atoms with Gasteiger partial charge in [0.1, 0.15) is 5.52 Å². The van der Waals surface area contributed by atoms with Crippen LogP contribution in [0.4, 0.5) is 8.78 Å². The van der Waals surface area contributed by atoms with E-state index in [1.807, 2.05) is 19.1 Å². The number of carbonyl (C=O) groups is 1. The molecule has 0 aliphatic carbocycles. The molecular weight excluding hydrogens is 452 g/mol. The van der Waals surface area contributed by atoms with Crippen molar-refractivity contribution < 1.29 is 18.0 Å². The van der Waals surface area contributed by atoms with E-state index in [-0.39, 0.29) is 33.9 Å². The maximum atomic E-state index is 14.9. The number of primary amides is 1. The van der Waals surface area contributed by atoms with Gasteiger partial charge in [-0.15, -0.1) is 0 Å². The summed E-state index contributed by atoms with van der Waals surface area (Å²) in [6, 6.07) is 9.79. The Balaban J connectivity index is 1.94. The average molecular weight is 468 g/mol. The minimum absolute atomic E-state index is 0.133. The SMILES string of the molecule is CCc1ccc2c(c1)c1c3cccnc3oc(=O)c1n2Cc1c(F)c(F)cc(Cl)c1C(N)=O. The number of carbonyl (C=O) groups excluding carboxylic acids is 1. The highest BCUT2D eigenvalue weighted by Gasteiger charge is 2.25. The molecule has 3 aromatic heterocycles. The van der Waals surface area contributed by atoms with Gasteiger partial charge in [0.05, 0.1) is 17.1 Å². The van der Waals surface area contributed by atoms with E-state index in [0.717, 1.165) is 17.4 Å². The van der Waals surface area contributed by atoms with Gasteiger partial charge in [0, 0.05) is 33.4 Å². The van der Waals surface area contributed by atoms with Crippen LogP contribution in [-0.4, -0.2) is 15.5 Å². The van der Waals surface area contributed by atoms with Crippen molar-refractivity contribution in [3.8, 4) is 0 Å². The molecule has 2 aromatic carbocycles. The summed E-state index contributed by atoms with van der Waals surface area (Å²) in [5.74, 6) is -3.50. The molecule has 0 saturated carbocycles. The van der Waals surface area contributed by atoms with Crippen molar-refractivity contribution in [2.75, 3.05) is 0 Å². The van der Waals surface area contributed by atoms with Crippen LogP contribution in [0, 0.1) is 11.6 Å². The highest BCUT2D eigenvalue weighted by Crippen LogP contribution is 2.35. The number of nitrogens with two attached hydrogens (primary N) is 1. The summed E-state index contributed by atoms with van der Waals surface area (Å²) >= 11 is 6.02. The smallest absolute Gasteiger partial charge is 0.362 e. The van der Waals surface area contributed by atoms with Gasteiger partial charge in [-0.05, 0) is 42.3 Å². The molecule has 5 aromatic rings. The van der Waals surface area contributed by atoms with Crippen LogP contribution in [0.1, 0.15) is 28.4 Å². The second-order valence-electron chi connectivity index (χ2n) is 7.63. The summed E-state index contributed by atoms with van der Waals surface area (Å²) in [5, 5.41) is 1.58. The third-order valence-corrected chi connectivity index (χ3v) is 6.09. The molecule has 5 rings (SSSR count). The first-order valence-electron chi connectivity index (χ1n) is 10.1.